The molecule has 0 aliphatic heterocycles. The number of allylic oxidation sites excluding steroid dienone is 1. The van der Waals surface area contributed by atoms with Crippen molar-refractivity contribution in [2.24, 2.45) is 28.6 Å². The van der Waals surface area contributed by atoms with Crippen molar-refractivity contribution < 1.29 is 19.7 Å². The molecule has 2 N–H and O–H groups in total. The third-order valence-electron chi connectivity index (χ3n) is 10.5. The molecule has 3 saturated carbocycles. The van der Waals surface area contributed by atoms with E-state index in [2.05, 4.69) is 26.0 Å². The van der Waals surface area contributed by atoms with Crippen molar-refractivity contribution in [3.05, 3.63) is 47.0 Å². The molecule has 0 bridgehead atoms. The lowest BCUT2D eigenvalue weighted by Gasteiger charge is -2.59. The van der Waals surface area contributed by atoms with Crippen molar-refractivity contribution in [2.75, 3.05) is 0 Å². The van der Waals surface area contributed by atoms with E-state index in [1.165, 1.54) is 5.57 Å². The zero-order valence-electron chi connectivity index (χ0n) is 20.6. The first kappa shape index (κ1) is 23.7. The van der Waals surface area contributed by atoms with Crippen LogP contribution in [0, 0.1) is 39.9 Å². The van der Waals surface area contributed by atoms with Gasteiger partial charge in [0.25, 0.3) is 0 Å². The molecule has 5 rings (SSSR count). The van der Waals surface area contributed by atoms with E-state index in [1.807, 2.05) is 12.1 Å². The van der Waals surface area contributed by atoms with Gasteiger partial charge in [0.1, 0.15) is 5.60 Å². The van der Waals surface area contributed by atoms with E-state index in [9.17, 15) is 15.0 Å². The number of nitrogens with zero attached hydrogens (tertiary/aromatic N) is 1. The molecule has 3 unspecified atom stereocenters. The molecule has 0 spiro atoms. The second-order valence-electron chi connectivity index (χ2n) is 11.9. The van der Waals surface area contributed by atoms with Gasteiger partial charge in [0.05, 0.1) is 18.2 Å². The molecule has 34 heavy (non-hydrogen) atoms. The van der Waals surface area contributed by atoms with Gasteiger partial charge in [-0.1, -0.05) is 37.6 Å². The smallest absolute Gasteiger partial charge is 0.169 e. The molecule has 182 valence electrons. The van der Waals surface area contributed by atoms with Crippen LogP contribution in [-0.4, -0.2) is 27.4 Å². The number of nitriles is 1. The lowest BCUT2D eigenvalue weighted by atomic mass is 9.46. The van der Waals surface area contributed by atoms with Crippen LogP contribution < -0.4 is 0 Å². The van der Waals surface area contributed by atoms with Crippen LogP contribution in [0.15, 0.2) is 35.9 Å². The van der Waals surface area contributed by atoms with Crippen molar-refractivity contribution in [3.8, 4) is 6.07 Å². The summed E-state index contributed by atoms with van der Waals surface area (Å²) in [5, 5.41) is 31.6. The summed E-state index contributed by atoms with van der Waals surface area (Å²) >= 11 is 0. The molecular formula is C29H37NO4. The topological polar surface area (TPSA) is 90.6 Å². The Labute approximate surface area is 202 Å². The van der Waals surface area contributed by atoms with Gasteiger partial charge >= 0.3 is 0 Å². The van der Waals surface area contributed by atoms with Gasteiger partial charge < -0.3 is 14.9 Å². The van der Waals surface area contributed by atoms with Gasteiger partial charge in [-0.2, -0.15) is 5.26 Å². The molecular weight excluding hydrogens is 426 g/mol. The number of fused-ring (bicyclic) bond motifs is 5. The fourth-order valence-electron chi connectivity index (χ4n) is 8.23. The monoisotopic (exact) mass is 463 g/mol. The third-order valence-corrected chi connectivity index (χ3v) is 10.5. The minimum absolute atomic E-state index is 0.0329. The van der Waals surface area contributed by atoms with Crippen LogP contribution in [0.1, 0.15) is 83.3 Å². The average molecular weight is 464 g/mol. The molecule has 5 nitrogen and oxygen atoms in total. The van der Waals surface area contributed by atoms with Gasteiger partial charge in [0.15, 0.2) is 11.6 Å². The fourth-order valence-corrected chi connectivity index (χ4v) is 8.23. The molecule has 5 heteroatoms. The predicted molar refractivity (Wildman–Crippen MR) is 128 cm³/mol. The summed E-state index contributed by atoms with van der Waals surface area (Å²) < 4.78 is 6.06. The highest BCUT2D eigenvalue weighted by Crippen LogP contribution is 2.67. The maximum absolute atomic E-state index is 12.4. The van der Waals surface area contributed by atoms with E-state index < -0.39 is 11.4 Å². The second kappa shape index (κ2) is 8.01. The number of hydrogen-bond donors (Lipinski definition) is 2. The highest BCUT2D eigenvalue weighted by molar-refractivity contribution is 5.86. The summed E-state index contributed by atoms with van der Waals surface area (Å²) in [5.74, 6) is 0.117. The Morgan fingerprint density at radius 2 is 1.79 bits per heavy atom. The van der Waals surface area contributed by atoms with Gasteiger partial charge in [-0.3, -0.25) is 4.79 Å². The van der Waals surface area contributed by atoms with Crippen molar-refractivity contribution >= 4 is 5.78 Å². The summed E-state index contributed by atoms with van der Waals surface area (Å²) in [4.78, 5) is 12.4. The zero-order valence-corrected chi connectivity index (χ0v) is 20.6. The number of Topliss-reactive ketones (excluding diaryl/α,β-unsaturated/α-hetero) is 1. The number of carbonyl (C=O) groups excluding carboxylic acids is 1. The normalized spacial score (nSPS) is 43.2. The number of benzene rings is 1. The quantitative estimate of drug-likeness (QED) is 0.482. The van der Waals surface area contributed by atoms with Gasteiger partial charge in [-0.15, -0.1) is 0 Å². The second-order valence-corrected chi connectivity index (χ2v) is 11.9. The predicted octanol–water partition coefficient (Wildman–Crippen LogP) is 5.05. The minimum atomic E-state index is -1.18. The number of carbonyl (C=O) groups is 1. The summed E-state index contributed by atoms with van der Waals surface area (Å²) in [6, 6.07) is 9.43. The Kier molecular flexibility index (Phi) is 5.59. The van der Waals surface area contributed by atoms with Gasteiger partial charge in [-0.05, 0) is 86.3 Å². The maximum Gasteiger partial charge on any atom is 0.169 e. The van der Waals surface area contributed by atoms with Crippen LogP contribution in [0.2, 0.25) is 0 Å². The first-order valence-electron chi connectivity index (χ1n) is 12.8. The Bertz CT molecular complexity index is 1060. The molecule has 1 aromatic carbocycles. The highest BCUT2D eigenvalue weighted by atomic mass is 16.6. The molecule has 0 radical (unpaired) electrons. The maximum atomic E-state index is 12.4. The summed E-state index contributed by atoms with van der Waals surface area (Å²) in [6.07, 6.45) is 8.71. The molecule has 0 amide bonds. The summed E-state index contributed by atoms with van der Waals surface area (Å²) in [6.45, 7) is 6.40. The molecule has 0 aromatic heterocycles. The fraction of sp³-hybridized carbons (Fsp3) is 0.655. The van der Waals surface area contributed by atoms with Crippen LogP contribution in [0.25, 0.3) is 0 Å². The zero-order chi connectivity index (χ0) is 24.4. The number of hydrogen-bond acceptors (Lipinski definition) is 5. The van der Waals surface area contributed by atoms with E-state index >= 15 is 0 Å². The first-order valence-corrected chi connectivity index (χ1v) is 12.8. The Morgan fingerprint density at radius 3 is 2.47 bits per heavy atom. The number of aliphatic hydroxyl groups is 2. The molecule has 0 heterocycles. The number of rotatable bonds is 4. The number of ketones is 1. The van der Waals surface area contributed by atoms with E-state index in [1.54, 1.807) is 19.1 Å². The van der Waals surface area contributed by atoms with Crippen molar-refractivity contribution in [2.45, 2.75) is 90.1 Å². The lowest BCUT2D eigenvalue weighted by molar-refractivity contribution is -0.232. The molecule has 4 aliphatic rings. The summed E-state index contributed by atoms with van der Waals surface area (Å²) in [5.41, 5.74) is 1.40. The lowest BCUT2D eigenvalue weighted by Crippen LogP contribution is -2.57. The van der Waals surface area contributed by atoms with E-state index in [0.29, 0.717) is 49.2 Å². The summed E-state index contributed by atoms with van der Waals surface area (Å²) in [7, 11) is 0. The van der Waals surface area contributed by atoms with Crippen LogP contribution >= 0.6 is 0 Å². The van der Waals surface area contributed by atoms with Gasteiger partial charge in [0.2, 0.25) is 0 Å². The SMILES string of the molecule is CC(=O)[C@]1(O)CCC2C3CC=C4C[C@@](O)(OCc5ccc(C#N)cc5)CC[C@]4(C)C3CC[C@@]21C. The molecule has 3 fully saturated rings. The van der Waals surface area contributed by atoms with Crippen LogP contribution in [0.4, 0.5) is 0 Å². The standard InChI is InChI=1S/C29H37NO4/c1-19(31)29(33)13-11-25-23-9-8-22-16-28(32,34-18-21-6-4-20(17-30)5-7-21)15-14-26(22,2)24(23)10-12-27(25,29)3/h4-8,23-25,32-33H,9-16,18H2,1-3H3/t23?,24?,25?,26-,27-,28-,29+/m0/s1. The largest absolute Gasteiger partial charge is 0.382 e. The average Bonchev–Trinajstić information content (AvgIpc) is 3.11. The number of ether oxygens (including phenoxy) is 1. The Balaban J connectivity index is 1.33. The van der Waals surface area contributed by atoms with Crippen LogP contribution in [-0.2, 0) is 16.1 Å². The molecule has 1 aromatic rings. The molecule has 7 atom stereocenters. The van der Waals surface area contributed by atoms with E-state index in [-0.39, 0.29) is 16.6 Å². The Hall–Kier alpha value is -2.00. The molecule has 4 aliphatic carbocycles. The van der Waals surface area contributed by atoms with Crippen molar-refractivity contribution in [3.63, 3.8) is 0 Å². The van der Waals surface area contributed by atoms with Crippen LogP contribution in [0.3, 0.4) is 0 Å². The molecule has 0 saturated heterocycles. The Morgan fingerprint density at radius 1 is 1.09 bits per heavy atom. The first-order chi connectivity index (χ1) is 16.0. The van der Waals surface area contributed by atoms with Gasteiger partial charge in [0, 0.05) is 18.3 Å². The van der Waals surface area contributed by atoms with Crippen molar-refractivity contribution in [1.82, 2.24) is 0 Å². The van der Waals surface area contributed by atoms with Crippen molar-refractivity contribution in [1.29, 1.82) is 5.26 Å². The van der Waals surface area contributed by atoms with Crippen LogP contribution in [0.5, 0.6) is 0 Å². The third kappa shape index (κ3) is 3.41. The van der Waals surface area contributed by atoms with E-state index in [4.69, 9.17) is 10.00 Å². The minimum Gasteiger partial charge on any atom is -0.382 e. The van der Waals surface area contributed by atoms with E-state index in [0.717, 1.165) is 37.7 Å². The highest BCUT2D eigenvalue weighted by Gasteiger charge is 2.65. The van der Waals surface area contributed by atoms with Gasteiger partial charge in [-0.25, -0.2) is 0 Å².